The van der Waals surface area contributed by atoms with Crippen molar-refractivity contribution in [1.29, 1.82) is 0 Å². The van der Waals surface area contributed by atoms with E-state index in [-0.39, 0.29) is 30.4 Å². The molecule has 2 fully saturated rings. The fourth-order valence-electron chi connectivity index (χ4n) is 8.38. The van der Waals surface area contributed by atoms with Gasteiger partial charge in [0.1, 0.15) is 11.7 Å². The molecule has 5 atom stereocenters. The van der Waals surface area contributed by atoms with Gasteiger partial charge in [0.15, 0.2) is 0 Å². The molecule has 2 aliphatic heterocycles. The monoisotopic (exact) mass is 715 g/mol. The van der Waals surface area contributed by atoms with E-state index in [4.69, 9.17) is 18.9 Å². The van der Waals surface area contributed by atoms with Crippen LogP contribution in [0.1, 0.15) is 46.2 Å². The molecule has 5 nitrogen and oxygen atoms in total. The van der Waals surface area contributed by atoms with Gasteiger partial charge in [-0.2, -0.15) is 0 Å². The van der Waals surface area contributed by atoms with Crippen LogP contribution in [0.25, 0.3) is 0 Å². The van der Waals surface area contributed by atoms with Crippen LogP contribution in [-0.2, 0) is 44.4 Å². The molecular weight excluding hydrogens is 667 g/mol. The molecule has 54 heavy (non-hydrogen) atoms. The van der Waals surface area contributed by atoms with E-state index in [9.17, 15) is 0 Å². The van der Waals surface area contributed by atoms with Gasteiger partial charge in [-0.05, 0) is 46.2 Å². The number of ether oxygens (including phenoxy) is 4. The van der Waals surface area contributed by atoms with Crippen molar-refractivity contribution in [2.24, 2.45) is 0 Å². The molecule has 0 bridgehead atoms. The Balaban J connectivity index is 1.13. The first-order valence-electron chi connectivity index (χ1n) is 19.3. The highest BCUT2D eigenvalue weighted by Crippen LogP contribution is 2.43. The fraction of sp³-hybridized carbons (Fsp3) is 0.265. The lowest BCUT2D eigenvalue weighted by Gasteiger charge is -2.45. The summed E-state index contributed by atoms with van der Waals surface area (Å²) in [6.07, 6.45) is 1.45. The molecule has 0 aliphatic carbocycles. The van der Waals surface area contributed by atoms with Crippen molar-refractivity contribution in [3.8, 4) is 0 Å². The van der Waals surface area contributed by atoms with E-state index in [0.29, 0.717) is 26.4 Å². The second kappa shape index (κ2) is 17.5. The molecule has 274 valence electrons. The summed E-state index contributed by atoms with van der Waals surface area (Å²) in [4.78, 5) is 2.59. The molecule has 6 aromatic carbocycles. The van der Waals surface area contributed by atoms with Gasteiger partial charge in [0.05, 0.1) is 44.7 Å². The van der Waals surface area contributed by atoms with Gasteiger partial charge >= 0.3 is 0 Å². The third-order valence-electron chi connectivity index (χ3n) is 11.0. The Morgan fingerprint density at radius 2 is 0.833 bits per heavy atom. The van der Waals surface area contributed by atoms with Gasteiger partial charge in [-0.1, -0.05) is 182 Å². The van der Waals surface area contributed by atoms with Crippen molar-refractivity contribution in [3.63, 3.8) is 0 Å². The van der Waals surface area contributed by atoms with Crippen LogP contribution in [0, 0.1) is 0 Å². The summed E-state index contributed by atoms with van der Waals surface area (Å²) in [6, 6.07) is 63.4. The number of hydrogen-bond acceptors (Lipinski definition) is 5. The number of piperidine rings is 1. The summed E-state index contributed by atoms with van der Waals surface area (Å²) in [7, 11) is 0. The molecule has 0 radical (unpaired) electrons. The lowest BCUT2D eigenvalue weighted by Crippen LogP contribution is -2.56. The summed E-state index contributed by atoms with van der Waals surface area (Å²) in [5.41, 5.74) is 5.99. The van der Waals surface area contributed by atoms with Crippen LogP contribution in [0.15, 0.2) is 182 Å². The molecule has 0 aromatic heterocycles. The standard InChI is InChI=1S/C49H49NO4/c1-7-19-38(20-8-1)34-51-45-32-31-44(37-54-49(41-25-13-4-14-26-41,42-27-15-5-16-28-42)43-29-17-6-18-30-43)50-33-46(52-35-39-21-9-2-10-22-39)48(47(45)50)53-36-40-23-11-3-12-24-40/h1-30,44-48H,31-37H2/t44-,45+,46+,47+,48-/m1/s1. The Kier molecular flexibility index (Phi) is 11.7. The highest BCUT2D eigenvalue weighted by Gasteiger charge is 2.53. The lowest BCUT2D eigenvalue weighted by molar-refractivity contribution is -0.126. The van der Waals surface area contributed by atoms with E-state index < -0.39 is 5.60 Å². The normalized spacial score (nSPS) is 21.4. The van der Waals surface area contributed by atoms with Crippen LogP contribution in [0.4, 0.5) is 0 Å². The van der Waals surface area contributed by atoms with Gasteiger partial charge in [0.25, 0.3) is 0 Å². The van der Waals surface area contributed by atoms with Crippen molar-refractivity contribution in [2.45, 2.75) is 68.7 Å². The Morgan fingerprint density at radius 1 is 0.444 bits per heavy atom. The van der Waals surface area contributed by atoms with Crippen molar-refractivity contribution in [1.82, 2.24) is 4.90 Å². The smallest absolute Gasteiger partial charge is 0.143 e. The maximum Gasteiger partial charge on any atom is 0.143 e. The molecular formula is C49H49NO4. The second-order valence-electron chi connectivity index (χ2n) is 14.4. The summed E-state index contributed by atoms with van der Waals surface area (Å²) in [5, 5.41) is 0. The first-order chi connectivity index (χ1) is 26.8. The van der Waals surface area contributed by atoms with Crippen molar-refractivity contribution < 1.29 is 18.9 Å². The SMILES string of the molecule is c1ccc(CO[C@H]2[C@@H]3[C@@H](OCc4ccccc4)CC[C@H](COC(c4ccccc4)(c4ccccc4)c4ccccc4)N3C[C@@H]2OCc2ccccc2)cc1. The zero-order valence-corrected chi connectivity index (χ0v) is 30.7. The number of fused-ring (bicyclic) bond motifs is 1. The summed E-state index contributed by atoms with van der Waals surface area (Å²) >= 11 is 0. The molecule has 0 amide bonds. The van der Waals surface area contributed by atoms with E-state index in [1.54, 1.807) is 0 Å². The number of rotatable bonds is 15. The molecule has 2 aliphatic rings. The van der Waals surface area contributed by atoms with E-state index in [1.807, 2.05) is 12.1 Å². The Hall–Kier alpha value is -4.88. The van der Waals surface area contributed by atoms with Gasteiger partial charge in [-0.15, -0.1) is 0 Å². The maximum atomic E-state index is 7.47. The molecule has 0 unspecified atom stereocenters. The first-order valence-corrected chi connectivity index (χ1v) is 19.3. The minimum atomic E-state index is -0.800. The Bertz CT molecular complexity index is 1880. The Labute approximate surface area is 320 Å². The third-order valence-corrected chi connectivity index (χ3v) is 11.0. The van der Waals surface area contributed by atoms with Crippen LogP contribution < -0.4 is 0 Å². The quantitative estimate of drug-likeness (QED) is 0.0991. The second-order valence-corrected chi connectivity index (χ2v) is 14.4. The maximum absolute atomic E-state index is 7.47. The van der Waals surface area contributed by atoms with Crippen LogP contribution >= 0.6 is 0 Å². The molecule has 6 aromatic rings. The highest BCUT2D eigenvalue weighted by molar-refractivity contribution is 5.47. The highest BCUT2D eigenvalue weighted by atomic mass is 16.5. The Morgan fingerprint density at radius 3 is 1.28 bits per heavy atom. The van der Waals surface area contributed by atoms with Gasteiger partial charge < -0.3 is 18.9 Å². The summed E-state index contributed by atoms with van der Waals surface area (Å²) in [5.74, 6) is 0. The number of benzene rings is 6. The van der Waals surface area contributed by atoms with Gasteiger partial charge in [-0.25, -0.2) is 0 Å². The van der Waals surface area contributed by atoms with Crippen LogP contribution in [0.2, 0.25) is 0 Å². The predicted octanol–water partition coefficient (Wildman–Crippen LogP) is 9.60. The predicted molar refractivity (Wildman–Crippen MR) is 214 cm³/mol. The topological polar surface area (TPSA) is 40.2 Å². The van der Waals surface area contributed by atoms with Crippen LogP contribution in [-0.4, -0.2) is 48.4 Å². The molecule has 0 N–H and O–H groups in total. The third kappa shape index (κ3) is 8.12. The van der Waals surface area contributed by atoms with Crippen molar-refractivity contribution in [2.75, 3.05) is 13.2 Å². The summed E-state index contributed by atoms with van der Waals surface area (Å²) < 4.78 is 28.1. The fourth-order valence-corrected chi connectivity index (χ4v) is 8.38. The zero-order valence-electron chi connectivity index (χ0n) is 30.7. The van der Waals surface area contributed by atoms with Gasteiger partial charge in [0, 0.05) is 12.6 Å². The van der Waals surface area contributed by atoms with Gasteiger partial charge in [-0.3, -0.25) is 4.90 Å². The molecule has 0 saturated carbocycles. The minimum absolute atomic E-state index is 0.0138. The van der Waals surface area contributed by atoms with E-state index in [0.717, 1.165) is 47.2 Å². The average molecular weight is 716 g/mol. The van der Waals surface area contributed by atoms with Crippen LogP contribution in [0.5, 0.6) is 0 Å². The molecule has 0 spiro atoms. The largest absolute Gasteiger partial charge is 0.372 e. The molecule has 5 heteroatoms. The van der Waals surface area contributed by atoms with E-state index in [2.05, 4.69) is 175 Å². The van der Waals surface area contributed by atoms with E-state index >= 15 is 0 Å². The minimum Gasteiger partial charge on any atom is -0.372 e. The molecule has 2 heterocycles. The average Bonchev–Trinajstić information content (AvgIpc) is 3.63. The van der Waals surface area contributed by atoms with Crippen molar-refractivity contribution in [3.05, 3.63) is 215 Å². The first kappa shape index (κ1) is 36.1. The zero-order chi connectivity index (χ0) is 36.4. The van der Waals surface area contributed by atoms with Crippen LogP contribution in [0.3, 0.4) is 0 Å². The number of nitrogens with zero attached hydrogens (tertiary/aromatic N) is 1. The van der Waals surface area contributed by atoms with Gasteiger partial charge in [0.2, 0.25) is 0 Å². The lowest BCUT2D eigenvalue weighted by atomic mass is 9.80. The summed E-state index contributed by atoms with van der Waals surface area (Å²) in [6.45, 7) is 2.83. The van der Waals surface area contributed by atoms with Crippen molar-refractivity contribution >= 4 is 0 Å². The van der Waals surface area contributed by atoms with E-state index in [1.165, 1.54) is 5.56 Å². The number of hydrogen-bond donors (Lipinski definition) is 0. The molecule has 8 rings (SSSR count). The molecule has 2 saturated heterocycles.